The first kappa shape index (κ1) is 59.0. The molecule has 3 unspecified atom stereocenters. The van der Waals surface area contributed by atoms with Gasteiger partial charge in [-0.3, -0.25) is 4.79 Å². The molecule has 0 saturated heterocycles. The average Bonchev–Trinajstić information content (AvgIpc) is 3.94. The van der Waals surface area contributed by atoms with Crippen LogP contribution in [0.1, 0.15) is 89.5 Å². The highest BCUT2D eigenvalue weighted by Gasteiger charge is 2.28. The molecule has 3 atom stereocenters. The lowest BCUT2D eigenvalue weighted by Gasteiger charge is -2.26. The number of benzene rings is 9. The van der Waals surface area contributed by atoms with Gasteiger partial charge >= 0.3 is 5.97 Å². The standard InChI is InChI=1S/C25H23FO3.C25H25FO2.C23H19FO4/c26-22-8-3-6-19(14-22)20-11-10-18-5-2-7-21(24(18)15-20)12-17-4-1-9-23(13-17)29-16-25(27)28;26-23-8-3-6-20(16-23)21-11-10-19-5-2-7-22(25(19)17-21)14-18-4-1-9-24(15-18)28-13-12-27;1-15(25)13-26-19-6-3-7-20(12-19)28-23-14-27-22-9-8-17(11-21(22)23)16-4-2-5-18(24)10-16/h1,3-4,6,8-11,13-15,21H,2,5,7,12,16H2,(H,27,28);1,3-4,6,8-11,15-17,22,27H,2,5,7,12-14H2;2-12,23H,13-14H2,1H3. The van der Waals surface area contributed by atoms with Crippen molar-refractivity contribution in [2.75, 3.05) is 33.0 Å². The zero-order chi connectivity index (χ0) is 59.1. The molecule has 1 aliphatic heterocycles. The predicted octanol–water partition coefficient (Wildman–Crippen LogP) is 16.1. The molecular weight excluding hydrogens is 1080 g/mol. The zero-order valence-corrected chi connectivity index (χ0v) is 47.4. The number of ketones is 1. The lowest BCUT2D eigenvalue weighted by molar-refractivity contribution is -0.139. The molecule has 9 nitrogen and oxygen atoms in total. The van der Waals surface area contributed by atoms with Gasteiger partial charge in [0.05, 0.1) is 6.61 Å². The predicted molar refractivity (Wildman–Crippen MR) is 324 cm³/mol. The quantitative estimate of drug-likeness (QED) is 0.0865. The van der Waals surface area contributed by atoms with Crippen LogP contribution >= 0.6 is 0 Å². The number of ether oxygens (including phenoxy) is 5. The Morgan fingerprint density at radius 3 is 1.45 bits per heavy atom. The van der Waals surface area contributed by atoms with E-state index in [9.17, 15) is 22.8 Å². The van der Waals surface area contributed by atoms with E-state index in [2.05, 4.69) is 54.6 Å². The van der Waals surface area contributed by atoms with E-state index in [-0.39, 0.29) is 49.2 Å². The van der Waals surface area contributed by atoms with Crippen molar-refractivity contribution >= 4 is 11.8 Å². The normalized spacial score (nSPS) is 15.4. The Morgan fingerprint density at radius 1 is 0.494 bits per heavy atom. The van der Waals surface area contributed by atoms with Crippen molar-refractivity contribution in [3.63, 3.8) is 0 Å². The Labute approximate surface area is 494 Å². The first-order valence-electron chi connectivity index (χ1n) is 28.8. The van der Waals surface area contributed by atoms with E-state index in [1.54, 1.807) is 48.5 Å². The number of aryl methyl sites for hydroxylation is 2. The van der Waals surface area contributed by atoms with Gasteiger partial charge in [0.2, 0.25) is 0 Å². The molecule has 0 amide bonds. The first-order chi connectivity index (χ1) is 41.4. The summed E-state index contributed by atoms with van der Waals surface area (Å²) in [5.41, 5.74) is 14.4. The number of halogens is 3. The summed E-state index contributed by atoms with van der Waals surface area (Å²) < 4.78 is 69.0. The SMILES string of the molecule is CC(=O)COc1cccc(OC2COc3ccc(-c4cccc(F)c4)cc32)c1.O=C(O)COc1cccc(CC2CCCc3ccc(-c4cccc(F)c4)cc32)c1.OCCOc1cccc(CC2CCCc3ccc(-c4cccc(F)c4)cc32)c1. The molecule has 0 saturated carbocycles. The van der Waals surface area contributed by atoms with Crippen LogP contribution in [0.5, 0.6) is 28.7 Å². The van der Waals surface area contributed by atoms with E-state index < -0.39 is 5.97 Å². The molecule has 12 heteroatoms. The number of fused-ring (bicyclic) bond motifs is 3. The maximum atomic E-state index is 13.7. The minimum Gasteiger partial charge on any atom is -0.491 e. The molecule has 2 aliphatic carbocycles. The van der Waals surface area contributed by atoms with E-state index in [4.69, 9.17) is 33.9 Å². The molecule has 85 heavy (non-hydrogen) atoms. The van der Waals surface area contributed by atoms with E-state index in [1.165, 1.54) is 65.4 Å². The first-order valence-corrected chi connectivity index (χ1v) is 28.8. The van der Waals surface area contributed by atoms with E-state index in [1.807, 2.05) is 72.8 Å². The average molecular weight is 1150 g/mol. The molecule has 0 bridgehead atoms. The third-order valence-corrected chi connectivity index (χ3v) is 15.4. The fourth-order valence-corrected chi connectivity index (χ4v) is 11.4. The molecule has 2 N–H and O–H groups in total. The number of carboxylic acids is 1. The molecule has 1 heterocycles. The zero-order valence-electron chi connectivity index (χ0n) is 47.4. The van der Waals surface area contributed by atoms with Gasteiger partial charge in [-0.1, -0.05) is 109 Å². The summed E-state index contributed by atoms with van der Waals surface area (Å²) in [7, 11) is 0. The van der Waals surface area contributed by atoms with Crippen molar-refractivity contribution in [1.29, 1.82) is 0 Å². The molecule has 434 valence electrons. The van der Waals surface area contributed by atoms with Crippen LogP contribution in [0.15, 0.2) is 200 Å². The van der Waals surface area contributed by atoms with Gasteiger partial charge in [-0.05, 0) is 222 Å². The van der Waals surface area contributed by atoms with Crippen LogP contribution in [0, 0.1) is 17.5 Å². The maximum Gasteiger partial charge on any atom is 0.341 e. The molecular formula is C73H67F3O9. The largest absolute Gasteiger partial charge is 0.491 e. The van der Waals surface area contributed by atoms with Gasteiger partial charge in [0.15, 0.2) is 18.5 Å². The van der Waals surface area contributed by atoms with Crippen LogP contribution in [0.2, 0.25) is 0 Å². The summed E-state index contributed by atoms with van der Waals surface area (Å²) in [6.07, 6.45) is 8.29. The number of aliphatic carboxylic acids is 1. The monoisotopic (exact) mass is 1140 g/mol. The Kier molecular flexibility index (Phi) is 19.8. The molecule has 0 radical (unpaired) electrons. The Morgan fingerprint density at radius 2 is 0.941 bits per heavy atom. The van der Waals surface area contributed by atoms with Crippen LogP contribution < -0.4 is 23.7 Å². The van der Waals surface area contributed by atoms with E-state index >= 15 is 0 Å². The van der Waals surface area contributed by atoms with Crippen molar-refractivity contribution in [3.05, 3.63) is 257 Å². The molecule has 9 aromatic rings. The van der Waals surface area contributed by atoms with Gasteiger partial charge in [-0.25, -0.2) is 18.0 Å². The maximum absolute atomic E-state index is 13.7. The van der Waals surface area contributed by atoms with Crippen molar-refractivity contribution in [2.24, 2.45) is 0 Å². The van der Waals surface area contributed by atoms with Crippen molar-refractivity contribution in [2.45, 2.75) is 76.2 Å². The van der Waals surface area contributed by atoms with Gasteiger partial charge in [0.25, 0.3) is 0 Å². The van der Waals surface area contributed by atoms with Crippen molar-refractivity contribution in [3.8, 4) is 62.1 Å². The van der Waals surface area contributed by atoms with Gasteiger partial charge < -0.3 is 33.9 Å². The van der Waals surface area contributed by atoms with Crippen LogP contribution in [-0.4, -0.2) is 55.0 Å². The van der Waals surface area contributed by atoms with Crippen LogP contribution in [0.4, 0.5) is 13.2 Å². The fourth-order valence-electron chi connectivity index (χ4n) is 11.4. The third-order valence-electron chi connectivity index (χ3n) is 15.4. The summed E-state index contributed by atoms with van der Waals surface area (Å²) in [4.78, 5) is 21.8. The van der Waals surface area contributed by atoms with E-state index in [0.717, 1.165) is 101 Å². The Hall–Kier alpha value is -9.13. The number of carbonyl (C=O) groups excluding carboxylic acids is 1. The smallest absolute Gasteiger partial charge is 0.341 e. The number of rotatable bonds is 18. The number of aliphatic hydroxyl groups is 1. The number of aliphatic hydroxyl groups excluding tert-OH is 1. The minimum absolute atomic E-state index is 0.0169. The molecule has 9 aromatic carbocycles. The highest BCUT2D eigenvalue weighted by molar-refractivity contribution is 5.77. The molecule has 3 aliphatic rings. The topological polar surface area (TPSA) is 121 Å². The Balaban J connectivity index is 0.000000142. The van der Waals surface area contributed by atoms with Crippen LogP contribution in [0.3, 0.4) is 0 Å². The van der Waals surface area contributed by atoms with Crippen LogP contribution in [-0.2, 0) is 35.3 Å². The summed E-state index contributed by atoms with van der Waals surface area (Å²) in [5.74, 6) is 2.42. The fraction of sp³-hybridized carbons (Fsp3) is 0.233. The number of hydrogen-bond donors (Lipinski definition) is 2. The number of carboxylic acid groups (broad SMARTS) is 1. The summed E-state index contributed by atoms with van der Waals surface area (Å²) in [6.45, 7) is 1.88. The lowest BCUT2D eigenvalue weighted by atomic mass is 9.78. The summed E-state index contributed by atoms with van der Waals surface area (Å²) in [5, 5.41) is 17.8. The van der Waals surface area contributed by atoms with Gasteiger partial charge in [-0.2, -0.15) is 0 Å². The number of hydrogen-bond acceptors (Lipinski definition) is 8. The second-order valence-electron chi connectivity index (χ2n) is 21.6. The number of carbonyl (C=O) groups is 2. The van der Waals surface area contributed by atoms with Crippen molar-refractivity contribution in [1.82, 2.24) is 0 Å². The van der Waals surface area contributed by atoms with Gasteiger partial charge in [0, 0.05) is 11.6 Å². The van der Waals surface area contributed by atoms with Crippen LogP contribution in [0.25, 0.3) is 33.4 Å². The molecule has 0 aromatic heterocycles. The van der Waals surface area contributed by atoms with Gasteiger partial charge in [-0.15, -0.1) is 0 Å². The Bertz CT molecular complexity index is 3770. The van der Waals surface area contributed by atoms with Crippen molar-refractivity contribution < 1.29 is 56.7 Å². The number of Topliss-reactive ketones (excluding diaryl/α,β-unsaturated/α-hetero) is 1. The van der Waals surface area contributed by atoms with E-state index in [0.29, 0.717) is 42.3 Å². The highest BCUT2D eigenvalue weighted by atomic mass is 19.1. The lowest BCUT2D eigenvalue weighted by Crippen LogP contribution is -2.13. The highest BCUT2D eigenvalue weighted by Crippen LogP contribution is 2.41. The summed E-state index contributed by atoms with van der Waals surface area (Å²) in [6, 6.07) is 61.8. The second-order valence-corrected chi connectivity index (χ2v) is 21.6. The molecule has 12 rings (SSSR count). The molecule has 0 spiro atoms. The summed E-state index contributed by atoms with van der Waals surface area (Å²) >= 11 is 0. The second kappa shape index (κ2) is 28.4. The third kappa shape index (κ3) is 16.2. The molecule has 0 fully saturated rings. The van der Waals surface area contributed by atoms with Gasteiger partial charge in [0.1, 0.15) is 66.0 Å². The minimum atomic E-state index is -0.985.